The summed E-state index contributed by atoms with van der Waals surface area (Å²) in [5.41, 5.74) is -1.80. The molecular weight excluding hydrogens is 464 g/mol. The van der Waals surface area contributed by atoms with E-state index in [9.17, 15) is 35.1 Å². The van der Waals surface area contributed by atoms with Gasteiger partial charge in [-0.15, -0.1) is 0 Å². The monoisotopic (exact) mass is 494 g/mol. The largest absolute Gasteiger partial charge is 0.435 e. The first-order chi connectivity index (χ1) is 12.3. The SMILES string of the molecule is CCC(OC(F)(F)C(F)(F)C(F)(F)C(C)(F)F)[Si](C)(O[Si](C)(C)C)O[Si](C)(C)C. The van der Waals surface area contributed by atoms with Gasteiger partial charge in [0.05, 0.1) is 0 Å². The van der Waals surface area contributed by atoms with Crippen LogP contribution in [0.5, 0.6) is 0 Å². The van der Waals surface area contributed by atoms with Crippen molar-refractivity contribution < 1.29 is 48.1 Å². The molecule has 0 heterocycles. The quantitative estimate of drug-likeness (QED) is 0.239. The van der Waals surface area contributed by atoms with Gasteiger partial charge in [-0.05, 0) is 52.2 Å². The standard InChI is InChI=1S/C15H30F8O3Si3/c1-10-11(29(9,25-27(3,4)5)26-28(6,7)8)24-15(22,23)14(20,21)13(18,19)12(2,16)17/h11H,10H2,1-9H3. The summed E-state index contributed by atoms with van der Waals surface area (Å²) in [6.07, 6.45) is -6.23. The van der Waals surface area contributed by atoms with Gasteiger partial charge in [-0.3, -0.25) is 0 Å². The fraction of sp³-hybridized carbons (Fsp3) is 1.00. The highest BCUT2D eigenvalue weighted by Crippen LogP contribution is 2.53. The molecule has 0 spiro atoms. The maximum atomic E-state index is 14.2. The zero-order valence-electron chi connectivity index (χ0n) is 18.0. The summed E-state index contributed by atoms with van der Waals surface area (Å²) in [6.45, 7) is 12.3. The molecule has 0 aliphatic heterocycles. The molecule has 14 heteroatoms. The van der Waals surface area contributed by atoms with Crippen LogP contribution >= 0.6 is 0 Å². The molecule has 0 saturated carbocycles. The molecule has 0 radical (unpaired) electrons. The van der Waals surface area contributed by atoms with Gasteiger partial charge in [0.1, 0.15) is 5.73 Å². The Bertz CT molecular complexity index is 540. The third kappa shape index (κ3) is 6.98. The van der Waals surface area contributed by atoms with Crippen molar-refractivity contribution in [1.29, 1.82) is 0 Å². The highest BCUT2D eigenvalue weighted by atomic mass is 28.5. The van der Waals surface area contributed by atoms with Crippen molar-refractivity contribution >= 4 is 25.2 Å². The molecule has 176 valence electrons. The Morgan fingerprint density at radius 1 is 0.690 bits per heavy atom. The minimum absolute atomic E-state index is 0.336. The molecular formula is C15H30F8O3Si3. The van der Waals surface area contributed by atoms with E-state index in [4.69, 9.17) is 8.23 Å². The van der Waals surface area contributed by atoms with Crippen molar-refractivity contribution in [3.8, 4) is 0 Å². The lowest BCUT2D eigenvalue weighted by Crippen LogP contribution is -2.66. The number of alkyl halides is 8. The molecule has 0 N–H and O–H groups in total. The fourth-order valence-electron chi connectivity index (χ4n) is 2.64. The van der Waals surface area contributed by atoms with Crippen molar-refractivity contribution in [2.24, 2.45) is 0 Å². The van der Waals surface area contributed by atoms with Gasteiger partial charge in [-0.25, -0.2) is 0 Å². The van der Waals surface area contributed by atoms with Crippen LogP contribution in [0, 0.1) is 0 Å². The molecule has 3 nitrogen and oxygen atoms in total. The molecule has 1 unspecified atom stereocenters. The van der Waals surface area contributed by atoms with Gasteiger partial charge in [0.25, 0.3) is 0 Å². The average Bonchev–Trinajstić information content (AvgIpc) is 2.38. The zero-order chi connectivity index (χ0) is 23.9. The molecule has 29 heavy (non-hydrogen) atoms. The Hall–Kier alpha value is -0.0294. The molecule has 0 rings (SSSR count). The van der Waals surface area contributed by atoms with Crippen molar-refractivity contribution in [3.05, 3.63) is 0 Å². The summed E-state index contributed by atoms with van der Waals surface area (Å²) in [7, 11) is -8.75. The first-order valence-electron chi connectivity index (χ1n) is 8.92. The third-order valence-electron chi connectivity index (χ3n) is 3.57. The summed E-state index contributed by atoms with van der Waals surface area (Å²) < 4.78 is 125. The lowest BCUT2D eigenvalue weighted by atomic mass is 10.1. The average molecular weight is 495 g/mol. The molecule has 0 aromatic rings. The number of rotatable bonds is 11. The van der Waals surface area contributed by atoms with Gasteiger partial charge in [0.15, 0.2) is 16.6 Å². The van der Waals surface area contributed by atoms with Crippen molar-refractivity contribution in [3.63, 3.8) is 0 Å². The van der Waals surface area contributed by atoms with E-state index in [1.54, 1.807) is 39.3 Å². The Morgan fingerprint density at radius 3 is 1.28 bits per heavy atom. The van der Waals surface area contributed by atoms with Crippen LogP contribution in [-0.4, -0.2) is 54.8 Å². The molecule has 0 aromatic carbocycles. The van der Waals surface area contributed by atoms with Crippen LogP contribution in [0.2, 0.25) is 45.8 Å². The maximum Gasteiger partial charge on any atom is 0.426 e. The number of ether oxygens (including phenoxy) is 1. The summed E-state index contributed by atoms with van der Waals surface area (Å²) in [4.78, 5) is 0. The smallest absolute Gasteiger partial charge is 0.426 e. The van der Waals surface area contributed by atoms with Gasteiger partial charge in [-0.2, -0.15) is 35.1 Å². The van der Waals surface area contributed by atoms with Crippen molar-refractivity contribution in [1.82, 2.24) is 0 Å². The van der Waals surface area contributed by atoms with E-state index < -0.39 is 61.7 Å². The normalized spacial score (nSPS) is 16.9. The molecule has 0 bridgehead atoms. The number of hydrogen-bond donors (Lipinski definition) is 0. The number of halogens is 8. The van der Waals surface area contributed by atoms with Crippen LogP contribution in [0.3, 0.4) is 0 Å². The van der Waals surface area contributed by atoms with Gasteiger partial charge in [-0.1, -0.05) is 6.92 Å². The van der Waals surface area contributed by atoms with Crippen LogP contribution in [0.15, 0.2) is 0 Å². The first-order valence-corrected chi connectivity index (χ1v) is 18.1. The number of hydrogen-bond acceptors (Lipinski definition) is 3. The fourth-order valence-corrected chi connectivity index (χ4v) is 15.1. The predicted octanol–water partition coefficient (Wildman–Crippen LogP) is 6.61. The van der Waals surface area contributed by atoms with Crippen LogP contribution < -0.4 is 0 Å². The van der Waals surface area contributed by atoms with E-state index in [-0.39, 0.29) is 6.42 Å². The first kappa shape index (κ1) is 29.0. The van der Waals surface area contributed by atoms with Gasteiger partial charge < -0.3 is 13.0 Å². The summed E-state index contributed by atoms with van der Waals surface area (Å²) in [6, 6.07) is 0. The Morgan fingerprint density at radius 2 is 1.03 bits per heavy atom. The zero-order valence-corrected chi connectivity index (χ0v) is 21.0. The molecule has 0 fully saturated rings. The Kier molecular flexibility index (Phi) is 8.48. The topological polar surface area (TPSA) is 27.7 Å². The summed E-state index contributed by atoms with van der Waals surface area (Å²) in [5.74, 6) is -18.2. The highest BCUT2D eigenvalue weighted by molar-refractivity contribution is 6.88. The van der Waals surface area contributed by atoms with Crippen LogP contribution in [0.1, 0.15) is 20.3 Å². The minimum atomic E-state index is -6.47. The molecule has 0 aliphatic carbocycles. The second kappa shape index (κ2) is 8.48. The Balaban J connectivity index is 6.17. The van der Waals surface area contributed by atoms with Gasteiger partial charge in [0.2, 0.25) is 0 Å². The lowest BCUT2D eigenvalue weighted by molar-refractivity contribution is -0.429. The van der Waals surface area contributed by atoms with Crippen LogP contribution in [0.25, 0.3) is 0 Å². The molecule has 0 aromatic heterocycles. The van der Waals surface area contributed by atoms with E-state index in [1.807, 2.05) is 0 Å². The van der Waals surface area contributed by atoms with E-state index in [1.165, 1.54) is 13.5 Å². The Labute approximate surface area is 169 Å². The van der Waals surface area contributed by atoms with E-state index in [2.05, 4.69) is 4.74 Å². The van der Waals surface area contributed by atoms with Crippen LogP contribution in [-0.2, 0) is 13.0 Å². The van der Waals surface area contributed by atoms with E-state index >= 15 is 0 Å². The van der Waals surface area contributed by atoms with Crippen LogP contribution in [0.4, 0.5) is 35.1 Å². The van der Waals surface area contributed by atoms with E-state index in [0.717, 1.165) is 0 Å². The second-order valence-electron chi connectivity index (χ2n) is 9.01. The highest BCUT2D eigenvalue weighted by Gasteiger charge is 2.81. The lowest BCUT2D eigenvalue weighted by Gasteiger charge is -2.44. The molecule has 1 atom stereocenters. The molecule has 0 saturated heterocycles. The summed E-state index contributed by atoms with van der Waals surface area (Å²) in [5, 5.41) is 0. The molecule has 0 amide bonds. The van der Waals surface area contributed by atoms with Crippen molar-refractivity contribution in [2.45, 2.75) is 95.7 Å². The maximum absolute atomic E-state index is 14.2. The van der Waals surface area contributed by atoms with Gasteiger partial charge >= 0.3 is 32.4 Å². The summed E-state index contributed by atoms with van der Waals surface area (Å²) >= 11 is 0. The minimum Gasteiger partial charge on any atom is -0.435 e. The predicted molar refractivity (Wildman–Crippen MR) is 101 cm³/mol. The van der Waals surface area contributed by atoms with Crippen molar-refractivity contribution in [2.75, 3.05) is 0 Å². The molecule has 0 aliphatic rings. The van der Waals surface area contributed by atoms with E-state index in [0.29, 0.717) is 0 Å². The third-order valence-corrected chi connectivity index (χ3v) is 13.4. The second-order valence-corrected chi connectivity index (χ2v) is 21.8. The van der Waals surface area contributed by atoms with Gasteiger partial charge in [0, 0.05) is 6.92 Å².